The third kappa shape index (κ3) is 5.35. The lowest BCUT2D eigenvalue weighted by Crippen LogP contribution is -2.24. The maximum atomic E-state index is 12.4. The van der Waals surface area contributed by atoms with Crippen molar-refractivity contribution in [3.8, 4) is 0 Å². The third-order valence-electron chi connectivity index (χ3n) is 2.53. The van der Waals surface area contributed by atoms with Crippen molar-refractivity contribution in [2.24, 2.45) is 4.99 Å². The summed E-state index contributed by atoms with van der Waals surface area (Å²) in [5.41, 5.74) is -0.871. The van der Waals surface area contributed by atoms with Gasteiger partial charge in [-0.2, -0.15) is 13.2 Å². The highest BCUT2D eigenvalue weighted by molar-refractivity contribution is 6.33. The van der Waals surface area contributed by atoms with E-state index >= 15 is 0 Å². The average molecular weight is 323 g/mol. The van der Waals surface area contributed by atoms with Gasteiger partial charge in [0.1, 0.15) is 5.71 Å². The van der Waals surface area contributed by atoms with Gasteiger partial charge < -0.3 is 10.4 Å². The summed E-state index contributed by atoms with van der Waals surface area (Å²) in [4.78, 5) is 15.1. The Morgan fingerprint density at radius 1 is 1.43 bits per heavy atom. The SMILES string of the molecule is CC(=Nc1ccc(C(=O)NCCCO)cc1Cl)C(F)(F)F. The van der Waals surface area contributed by atoms with Crippen LogP contribution in [0.2, 0.25) is 5.02 Å². The lowest BCUT2D eigenvalue weighted by Gasteiger charge is -2.08. The van der Waals surface area contributed by atoms with Crippen LogP contribution in [0.25, 0.3) is 0 Å². The van der Waals surface area contributed by atoms with Crippen LogP contribution in [0.1, 0.15) is 23.7 Å². The number of amides is 1. The van der Waals surface area contributed by atoms with E-state index in [2.05, 4.69) is 10.3 Å². The number of carbonyl (C=O) groups is 1. The predicted molar refractivity (Wildman–Crippen MR) is 74.3 cm³/mol. The molecule has 1 aromatic carbocycles. The van der Waals surface area contributed by atoms with Crippen molar-refractivity contribution in [2.75, 3.05) is 13.2 Å². The lowest BCUT2D eigenvalue weighted by molar-refractivity contribution is -0.0591. The second-order valence-corrected chi connectivity index (χ2v) is 4.60. The molecule has 0 saturated carbocycles. The maximum Gasteiger partial charge on any atom is 0.429 e. The van der Waals surface area contributed by atoms with E-state index in [-0.39, 0.29) is 22.9 Å². The fraction of sp³-hybridized carbons (Fsp3) is 0.385. The second-order valence-electron chi connectivity index (χ2n) is 4.19. The van der Waals surface area contributed by atoms with Crippen LogP contribution in [0.4, 0.5) is 18.9 Å². The average Bonchev–Trinajstić information content (AvgIpc) is 2.40. The molecule has 1 amide bonds. The van der Waals surface area contributed by atoms with Gasteiger partial charge in [0.05, 0.1) is 10.7 Å². The van der Waals surface area contributed by atoms with Crippen LogP contribution in [0.15, 0.2) is 23.2 Å². The molecule has 0 atom stereocenters. The molecular formula is C13H14ClF3N2O2. The first kappa shape index (κ1) is 17.5. The Balaban J connectivity index is 2.88. The summed E-state index contributed by atoms with van der Waals surface area (Å²) in [7, 11) is 0. The van der Waals surface area contributed by atoms with Crippen molar-refractivity contribution in [3.05, 3.63) is 28.8 Å². The van der Waals surface area contributed by atoms with Gasteiger partial charge in [-0.15, -0.1) is 0 Å². The summed E-state index contributed by atoms with van der Waals surface area (Å²) < 4.78 is 37.2. The summed E-state index contributed by atoms with van der Waals surface area (Å²) in [6.07, 6.45) is -4.11. The summed E-state index contributed by atoms with van der Waals surface area (Å²) in [6.45, 7) is 1.08. The fourth-order valence-electron chi connectivity index (χ4n) is 1.37. The van der Waals surface area contributed by atoms with Crippen LogP contribution in [0.5, 0.6) is 0 Å². The van der Waals surface area contributed by atoms with Crippen LogP contribution in [-0.2, 0) is 0 Å². The molecule has 4 nitrogen and oxygen atoms in total. The van der Waals surface area contributed by atoms with Crippen LogP contribution >= 0.6 is 11.6 Å². The highest BCUT2D eigenvalue weighted by atomic mass is 35.5. The van der Waals surface area contributed by atoms with E-state index in [1.54, 1.807) is 0 Å². The molecule has 0 spiro atoms. The van der Waals surface area contributed by atoms with E-state index < -0.39 is 17.8 Å². The first-order chi connectivity index (χ1) is 9.75. The number of benzene rings is 1. The molecule has 1 rings (SSSR count). The molecule has 0 radical (unpaired) electrons. The Bertz CT molecular complexity index is 545. The highest BCUT2D eigenvalue weighted by Crippen LogP contribution is 2.28. The standard InChI is InChI=1S/C13H14ClF3N2O2/c1-8(13(15,16)17)19-11-4-3-9(7-10(11)14)12(21)18-5-2-6-20/h3-4,7,20H,2,5-6H2,1H3,(H,18,21). The van der Waals surface area contributed by atoms with Crippen LogP contribution in [0, 0.1) is 0 Å². The molecule has 0 aliphatic heterocycles. The first-order valence-corrected chi connectivity index (χ1v) is 6.44. The predicted octanol–water partition coefficient (Wildman–Crippen LogP) is 3.11. The number of alkyl halides is 3. The first-order valence-electron chi connectivity index (χ1n) is 6.07. The summed E-state index contributed by atoms with van der Waals surface area (Å²) in [5, 5.41) is 11.1. The minimum Gasteiger partial charge on any atom is -0.396 e. The van der Waals surface area contributed by atoms with E-state index in [9.17, 15) is 18.0 Å². The highest BCUT2D eigenvalue weighted by Gasteiger charge is 2.32. The maximum absolute atomic E-state index is 12.4. The zero-order valence-electron chi connectivity index (χ0n) is 11.2. The van der Waals surface area contributed by atoms with E-state index in [0.29, 0.717) is 13.0 Å². The van der Waals surface area contributed by atoms with Crippen LogP contribution < -0.4 is 5.32 Å². The number of halogens is 4. The van der Waals surface area contributed by atoms with Gasteiger partial charge in [-0.1, -0.05) is 11.6 Å². The number of nitrogens with one attached hydrogen (secondary N) is 1. The molecule has 8 heteroatoms. The van der Waals surface area contributed by atoms with Crippen molar-refractivity contribution in [3.63, 3.8) is 0 Å². The van der Waals surface area contributed by atoms with Crippen LogP contribution in [-0.4, -0.2) is 36.1 Å². The van der Waals surface area contributed by atoms with Gasteiger partial charge in [-0.05, 0) is 31.5 Å². The molecule has 0 bridgehead atoms. The van der Waals surface area contributed by atoms with E-state index in [4.69, 9.17) is 16.7 Å². The molecule has 0 fully saturated rings. The second kappa shape index (κ2) is 7.42. The molecular weight excluding hydrogens is 309 g/mol. The largest absolute Gasteiger partial charge is 0.429 e. The molecule has 0 unspecified atom stereocenters. The van der Waals surface area contributed by atoms with Crippen molar-refractivity contribution in [2.45, 2.75) is 19.5 Å². The molecule has 0 heterocycles. The quantitative estimate of drug-likeness (QED) is 0.646. The number of hydrogen-bond donors (Lipinski definition) is 2. The van der Waals surface area contributed by atoms with Gasteiger partial charge in [0.15, 0.2) is 0 Å². The molecule has 0 aromatic heterocycles. The number of nitrogens with zero attached hydrogens (tertiary/aromatic N) is 1. The summed E-state index contributed by atoms with van der Waals surface area (Å²) in [6, 6.07) is 3.83. The molecule has 0 aliphatic carbocycles. The number of carbonyl (C=O) groups excluding carboxylic acids is 1. The number of aliphatic hydroxyl groups is 1. The zero-order chi connectivity index (χ0) is 16.0. The zero-order valence-corrected chi connectivity index (χ0v) is 11.9. The Morgan fingerprint density at radius 3 is 2.62 bits per heavy atom. The Hall–Kier alpha value is -1.60. The van der Waals surface area contributed by atoms with Gasteiger partial charge in [0.2, 0.25) is 0 Å². The third-order valence-corrected chi connectivity index (χ3v) is 2.83. The van der Waals surface area contributed by atoms with E-state index in [0.717, 1.165) is 6.92 Å². The molecule has 1 aromatic rings. The molecule has 2 N–H and O–H groups in total. The molecule has 0 saturated heterocycles. The van der Waals surface area contributed by atoms with Gasteiger partial charge in [0, 0.05) is 18.7 Å². The Kier molecular flexibility index (Phi) is 6.17. The summed E-state index contributed by atoms with van der Waals surface area (Å²) >= 11 is 5.83. The Morgan fingerprint density at radius 2 is 2.10 bits per heavy atom. The van der Waals surface area contributed by atoms with E-state index in [1.165, 1.54) is 18.2 Å². The van der Waals surface area contributed by atoms with Crippen molar-refractivity contribution >= 4 is 28.9 Å². The summed E-state index contributed by atoms with van der Waals surface area (Å²) in [5.74, 6) is -0.423. The lowest BCUT2D eigenvalue weighted by atomic mass is 10.2. The molecule has 0 aliphatic rings. The van der Waals surface area contributed by atoms with Crippen LogP contribution in [0.3, 0.4) is 0 Å². The minimum absolute atomic E-state index is 0.0478. The number of rotatable bonds is 5. The van der Waals surface area contributed by atoms with Gasteiger partial charge in [-0.3, -0.25) is 4.79 Å². The number of aliphatic imine (C=N–C) groups is 1. The van der Waals surface area contributed by atoms with E-state index in [1.807, 2.05) is 0 Å². The Labute approximate surface area is 124 Å². The van der Waals surface area contributed by atoms with Gasteiger partial charge in [-0.25, -0.2) is 4.99 Å². The fourth-order valence-corrected chi connectivity index (χ4v) is 1.59. The number of aliphatic hydroxyl groups excluding tert-OH is 1. The molecule has 116 valence electrons. The monoisotopic (exact) mass is 322 g/mol. The minimum atomic E-state index is -4.52. The topological polar surface area (TPSA) is 61.7 Å². The molecule has 21 heavy (non-hydrogen) atoms. The normalized spacial score (nSPS) is 12.4. The van der Waals surface area contributed by atoms with Gasteiger partial charge in [0.25, 0.3) is 5.91 Å². The van der Waals surface area contributed by atoms with Crippen molar-refractivity contribution in [1.82, 2.24) is 5.32 Å². The number of hydrogen-bond acceptors (Lipinski definition) is 3. The smallest absolute Gasteiger partial charge is 0.396 e. The van der Waals surface area contributed by atoms with Crippen molar-refractivity contribution < 1.29 is 23.1 Å². The van der Waals surface area contributed by atoms with Gasteiger partial charge >= 0.3 is 6.18 Å². The van der Waals surface area contributed by atoms with Crippen molar-refractivity contribution in [1.29, 1.82) is 0 Å².